The van der Waals surface area contributed by atoms with Gasteiger partial charge in [-0.1, -0.05) is 42.5 Å². The maximum atomic E-state index is 5.87. The summed E-state index contributed by atoms with van der Waals surface area (Å²) in [7, 11) is 0. The van der Waals surface area contributed by atoms with Gasteiger partial charge in [-0.25, -0.2) is 0 Å². The highest BCUT2D eigenvalue weighted by atomic mass is 16.5. The maximum absolute atomic E-state index is 5.87. The van der Waals surface area contributed by atoms with E-state index in [2.05, 4.69) is 87.1 Å². The second-order valence-corrected chi connectivity index (χ2v) is 8.70. The van der Waals surface area contributed by atoms with Gasteiger partial charge in [0, 0.05) is 35.1 Å². The van der Waals surface area contributed by atoms with Crippen LogP contribution in [-0.2, 0) is 12.8 Å². The van der Waals surface area contributed by atoms with E-state index in [4.69, 9.17) is 9.47 Å². The van der Waals surface area contributed by atoms with E-state index in [1.807, 2.05) is 6.07 Å². The summed E-state index contributed by atoms with van der Waals surface area (Å²) in [6.45, 7) is 1.47. The van der Waals surface area contributed by atoms with Crippen molar-refractivity contribution in [3.05, 3.63) is 83.9 Å². The van der Waals surface area contributed by atoms with Crippen molar-refractivity contribution in [3.63, 3.8) is 0 Å². The first kappa shape index (κ1) is 19.2. The number of hydrogen-bond donors (Lipinski definition) is 2. The predicted molar refractivity (Wildman–Crippen MR) is 131 cm³/mol. The summed E-state index contributed by atoms with van der Waals surface area (Å²) in [6.07, 6.45) is 1.91. The molecular formula is C28H22N4O2. The van der Waals surface area contributed by atoms with Crippen LogP contribution in [0, 0.1) is 0 Å². The number of hydrogen-bond acceptors (Lipinski definition) is 4. The van der Waals surface area contributed by atoms with Crippen LogP contribution in [0.4, 0.5) is 0 Å². The Bertz CT molecular complexity index is 1420. The van der Waals surface area contributed by atoms with Gasteiger partial charge in [0.05, 0.1) is 36.0 Å². The molecule has 166 valence electrons. The summed E-state index contributed by atoms with van der Waals surface area (Å²) in [6, 6.07) is 25.0. The number of ether oxygens (including phenoxy) is 2. The molecule has 0 unspecified atom stereocenters. The summed E-state index contributed by atoms with van der Waals surface area (Å²) in [5, 5.41) is 15.6. The molecule has 0 saturated carbocycles. The lowest BCUT2D eigenvalue weighted by molar-refractivity contribution is 0.358. The fourth-order valence-electron chi connectivity index (χ4n) is 4.91. The molecule has 6 nitrogen and oxygen atoms in total. The molecule has 0 atom stereocenters. The van der Waals surface area contributed by atoms with E-state index in [1.165, 1.54) is 11.1 Å². The van der Waals surface area contributed by atoms with Crippen LogP contribution in [0.3, 0.4) is 0 Å². The molecule has 3 aromatic carbocycles. The highest BCUT2D eigenvalue weighted by Crippen LogP contribution is 2.39. The summed E-state index contributed by atoms with van der Waals surface area (Å²) in [5.41, 5.74) is 10.4. The number of rotatable bonds is 4. The Morgan fingerprint density at radius 3 is 1.62 bits per heavy atom. The van der Waals surface area contributed by atoms with Gasteiger partial charge in [-0.3, -0.25) is 10.2 Å². The van der Waals surface area contributed by atoms with E-state index in [0.29, 0.717) is 0 Å². The van der Waals surface area contributed by atoms with E-state index in [9.17, 15) is 0 Å². The third kappa shape index (κ3) is 3.10. The van der Waals surface area contributed by atoms with Gasteiger partial charge in [-0.05, 0) is 41.5 Å². The van der Waals surface area contributed by atoms with Crippen LogP contribution in [-0.4, -0.2) is 33.6 Å². The van der Waals surface area contributed by atoms with E-state index >= 15 is 0 Å². The van der Waals surface area contributed by atoms with Gasteiger partial charge in [0.25, 0.3) is 0 Å². The van der Waals surface area contributed by atoms with Gasteiger partial charge in [0.1, 0.15) is 11.5 Å². The first-order chi connectivity index (χ1) is 16.8. The Morgan fingerprint density at radius 1 is 0.588 bits per heavy atom. The van der Waals surface area contributed by atoms with Gasteiger partial charge in [-0.15, -0.1) is 0 Å². The highest BCUT2D eigenvalue weighted by Gasteiger charge is 2.20. The minimum Gasteiger partial charge on any atom is -0.492 e. The van der Waals surface area contributed by atoms with Gasteiger partial charge in [0.15, 0.2) is 0 Å². The smallest absolute Gasteiger partial charge is 0.131 e. The molecule has 2 aliphatic heterocycles. The molecule has 0 spiro atoms. The zero-order valence-corrected chi connectivity index (χ0v) is 18.5. The number of nitrogens with zero attached hydrogens (tertiary/aromatic N) is 2. The van der Waals surface area contributed by atoms with E-state index in [0.717, 1.165) is 82.6 Å². The standard InChI is InChI=1S/C28H22N4O2/c1-6-19(23-15-25(31-29-23)21-8-2-4-17-10-12-33-27(17)21)14-20(7-1)24-16-26(32-30-24)22-9-3-5-18-11-13-34-28(18)22/h1-9,14-16H,10-13H2,(H,29,31)(H,30,32). The molecule has 2 aliphatic rings. The number of benzene rings is 3. The van der Waals surface area contributed by atoms with Crippen molar-refractivity contribution in [2.45, 2.75) is 12.8 Å². The largest absolute Gasteiger partial charge is 0.492 e. The van der Waals surface area contributed by atoms with Gasteiger partial charge in [0.2, 0.25) is 0 Å². The number of nitrogens with one attached hydrogen (secondary N) is 2. The molecule has 7 rings (SSSR count). The van der Waals surface area contributed by atoms with Crippen molar-refractivity contribution in [2.75, 3.05) is 13.2 Å². The quantitative estimate of drug-likeness (QED) is 0.373. The normalized spacial score (nSPS) is 13.9. The maximum Gasteiger partial charge on any atom is 0.131 e. The zero-order chi connectivity index (χ0) is 22.5. The van der Waals surface area contributed by atoms with E-state index in [-0.39, 0.29) is 0 Å². The highest BCUT2D eigenvalue weighted by molar-refractivity contribution is 5.78. The lowest BCUT2D eigenvalue weighted by atomic mass is 10.0. The van der Waals surface area contributed by atoms with Crippen LogP contribution in [0.5, 0.6) is 11.5 Å². The van der Waals surface area contributed by atoms with Crippen LogP contribution in [0.25, 0.3) is 45.0 Å². The third-order valence-corrected chi connectivity index (χ3v) is 6.62. The molecule has 0 bridgehead atoms. The van der Waals surface area contributed by atoms with Crippen molar-refractivity contribution >= 4 is 0 Å². The van der Waals surface area contributed by atoms with Crippen molar-refractivity contribution in [1.82, 2.24) is 20.4 Å². The van der Waals surface area contributed by atoms with Crippen LogP contribution < -0.4 is 9.47 Å². The Kier molecular flexibility index (Phi) is 4.30. The summed E-state index contributed by atoms with van der Waals surface area (Å²) in [5.74, 6) is 1.93. The van der Waals surface area contributed by atoms with Crippen LogP contribution in [0.1, 0.15) is 11.1 Å². The Hall–Kier alpha value is -4.32. The third-order valence-electron chi connectivity index (χ3n) is 6.62. The first-order valence-corrected chi connectivity index (χ1v) is 11.6. The van der Waals surface area contributed by atoms with Gasteiger partial charge >= 0.3 is 0 Å². The lowest BCUT2D eigenvalue weighted by Gasteiger charge is -2.05. The van der Waals surface area contributed by atoms with Crippen LogP contribution in [0.15, 0.2) is 72.8 Å². The molecule has 6 heteroatoms. The number of aromatic nitrogens is 4. The molecule has 0 radical (unpaired) electrons. The number of aromatic amines is 2. The topological polar surface area (TPSA) is 75.8 Å². The lowest BCUT2D eigenvalue weighted by Crippen LogP contribution is -1.88. The minimum atomic E-state index is 0.735. The van der Waals surface area contributed by atoms with Crippen molar-refractivity contribution in [1.29, 1.82) is 0 Å². The number of fused-ring (bicyclic) bond motifs is 2. The summed E-state index contributed by atoms with van der Waals surface area (Å²) in [4.78, 5) is 0. The monoisotopic (exact) mass is 446 g/mol. The molecule has 0 aliphatic carbocycles. The molecule has 2 N–H and O–H groups in total. The molecule has 0 saturated heterocycles. The van der Waals surface area contributed by atoms with Gasteiger partial charge < -0.3 is 9.47 Å². The molecule has 0 fully saturated rings. The van der Waals surface area contributed by atoms with Crippen LogP contribution >= 0.6 is 0 Å². The second-order valence-electron chi connectivity index (χ2n) is 8.70. The van der Waals surface area contributed by atoms with Crippen molar-refractivity contribution in [3.8, 4) is 56.5 Å². The van der Waals surface area contributed by atoms with Gasteiger partial charge in [-0.2, -0.15) is 10.2 Å². The Labute approximate surface area is 196 Å². The summed E-state index contributed by atoms with van der Waals surface area (Å²) < 4.78 is 11.7. The average molecular weight is 447 g/mol. The molecule has 0 amide bonds. The fraction of sp³-hybridized carbons (Fsp3) is 0.143. The zero-order valence-electron chi connectivity index (χ0n) is 18.5. The summed E-state index contributed by atoms with van der Waals surface area (Å²) >= 11 is 0. The number of H-pyrrole nitrogens is 2. The van der Waals surface area contributed by atoms with E-state index in [1.54, 1.807) is 0 Å². The Morgan fingerprint density at radius 2 is 1.09 bits per heavy atom. The molecule has 2 aromatic heterocycles. The number of para-hydroxylation sites is 2. The van der Waals surface area contributed by atoms with Crippen molar-refractivity contribution in [2.24, 2.45) is 0 Å². The molecule has 4 heterocycles. The fourth-order valence-corrected chi connectivity index (χ4v) is 4.91. The van der Waals surface area contributed by atoms with Crippen molar-refractivity contribution < 1.29 is 9.47 Å². The van der Waals surface area contributed by atoms with Crippen LogP contribution in [0.2, 0.25) is 0 Å². The Balaban J connectivity index is 1.21. The minimum absolute atomic E-state index is 0.735. The predicted octanol–water partition coefficient (Wildman–Crippen LogP) is 5.67. The SMILES string of the molecule is c1cc(-c2cc(-c3cccc4c3OCC4)[nH]n2)cc(-c2cc(-c3cccc4c3OCC4)[nH]n2)c1. The van der Waals surface area contributed by atoms with E-state index < -0.39 is 0 Å². The molecule has 5 aromatic rings. The second kappa shape index (κ2) is 7.63. The molecule has 34 heavy (non-hydrogen) atoms. The average Bonchev–Trinajstić information content (AvgIpc) is 3.69. The first-order valence-electron chi connectivity index (χ1n) is 11.6. The molecular weight excluding hydrogens is 424 g/mol.